The molecule has 0 atom stereocenters. The van der Waals surface area contributed by atoms with Gasteiger partial charge in [0.15, 0.2) is 5.69 Å². The van der Waals surface area contributed by atoms with Gasteiger partial charge in [-0.25, -0.2) is 0 Å². The van der Waals surface area contributed by atoms with E-state index in [9.17, 15) is 5.21 Å². The van der Waals surface area contributed by atoms with Gasteiger partial charge in [0.1, 0.15) is 5.69 Å². The number of aromatic nitrogens is 3. The Morgan fingerprint density at radius 1 is 1.21 bits per heavy atom. The van der Waals surface area contributed by atoms with Crippen LogP contribution >= 0.6 is 0 Å². The number of para-hydroxylation sites is 1. The van der Waals surface area contributed by atoms with Crippen LogP contribution in [0.15, 0.2) is 30.3 Å². The molecule has 4 heteroatoms. The van der Waals surface area contributed by atoms with E-state index in [0.29, 0.717) is 5.69 Å². The predicted octanol–water partition coefficient (Wildman–Crippen LogP) is 1.12. The minimum atomic E-state index is 0.633. The first-order valence-electron chi connectivity index (χ1n) is 4.41. The van der Waals surface area contributed by atoms with Gasteiger partial charge in [-0.1, -0.05) is 18.2 Å². The molecule has 2 aromatic rings. The molecular weight excluding hydrogens is 178 g/mol. The van der Waals surface area contributed by atoms with Crippen molar-refractivity contribution in [2.24, 2.45) is 0 Å². The number of hydrogen-bond donors (Lipinski definition) is 0. The summed E-state index contributed by atoms with van der Waals surface area (Å²) in [5.41, 5.74) is 2.16. The molecule has 0 saturated heterocycles. The molecule has 14 heavy (non-hydrogen) atoms. The minimum Gasteiger partial charge on any atom is -0.692 e. The Hall–Kier alpha value is -1.84. The first-order valence-corrected chi connectivity index (χ1v) is 4.41. The maximum absolute atomic E-state index is 11.6. The second kappa shape index (κ2) is 3.14. The molecular formula is C10H11N3O. The largest absolute Gasteiger partial charge is 0.692 e. The van der Waals surface area contributed by atoms with E-state index in [4.69, 9.17) is 0 Å². The topological polar surface area (TPSA) is 44.8 Å². The van der Waals surface area contributed by atoms with Crippen LogP contribution < -0.4 is 4.85 Å². The van der Waals surface area contributed by atoms with Crippen molar-refractivity contribution < 1.29 is 4.85 Å². The zero-order chi connectivity index (χ0) is 10.1. The highest BCUT2D eigenvalue weighted by molar-refractivity contribution is 5.27. The number of rotatable bonds is 1. The van der Waals surface area contributed by atoms with Crippen molar-refractivity contribution in [2.75, 3.05) is 0 Å². The van der Waals surface area contributed by atoms with E-state index >= 15 is 0 Å². The van der Waals surface area contributed by atoms with Crippen LogP contribution in [-0.4, -0.2) is 9.90 Å². The summed E-state index contributed by atoms with van der Waals surface area (Å²) in [7, 11) is 0. The van der Waals surface area contributed by atoms with Crippen LogP contribution in [0.25, 0.3) is 5.69 Å². The Morgan fingerprint density at radius 2 is 1.86 bits per heavy atom. The van der Waals surface area contributed by atoms with Gasteiger partial charge in [0.2, 0.25) is 5.69 Å². The molecule has 2 rings (SSSR count). The third-order valence-electron chi connectivity index (χ3n) is 2.21. The summed E-state index contributed by atoms with van der Waals surface area (Å²) in [6, 6.07) is 9.35. The fourth-order valence-corrected chi connectivity index (χ4v) is 1.26. The summed E-state index contributed by atoms with van der Waals surface area (Å²) in [4.78, 5) is 2.15. The van der Waals surface area contributed by atoms with Gasteiger partial charge in [0.25, 0.3) is 0 Å². The maximum atomic E-state index is 11.6. The van der Waals surface area contributed by atoms with E-state index in [1.165, 1.54) is 4.80 Å². The van der Waals surface area contributed by atoms with Crippen LogP contribution in [-0.2, 0) is 0 Å². The molecule has 0 aliphatic heterocycles. The molecule has 1 aromatic heterocycles. The Bertz CT molecular complexity index is 448. The van der Waals surface area contributed by atoms with Crippen molar-refractivity contribution in [1.82, 2.24) is 9.90 Å². The van der Waals surface area contributed by atoms with Gasteiger partial charge in [-0.15, -0.1) is 0 Å². The number of benzene rings is 1. The summed E-state index contributed by atoms with van der Waals surface area (Å²) in [5.74, 6) is 0. The fourth-order valence-electron chi connectivity index (χ4n) is 1.26. The van der Waals surface area contributed by atoms with E-state index < -0.39 is 0 Å². The molecule has 1 heterocycles. The van der Waals surface area contributed by atoms with Crippen LogP contribution in [0, 0.1) is 19.1 Å². The van der Waals surface area contributed by atoms with Crippen molar-refractivity contribution in [3.8, 4) is 5.69 Å². The molecule has 72 valence electrons. The summed E-state index contributed by atoms with van der Waals surface area (Å²) >= 11 is 0. The van der Waals surface area contributed by atoms with Crippen LogP contribution in [0.4, 0.5) is 0 Å². The van der Waals surface area contributed by atoms with Crippen LogP contribution in [0.3, 0.4) is 0 Å². The van der Waals surface area contributed by atoms with Gasteiger partial charge in [-0.05, 0) is 16.9 Å². The summed E-state index contributed by atoms with van der Waals surface area (Å²) in [6.45, 7) is 3.58. The second-order valence-electron chi connectivity index (χ2n) is 3.17. The van der Waals surface area contributed by atoms with Gasteiger partial charge in [0.05, 0.1) is 0 Å². The first kappa shape index (κ1) is 8.74. The molecule has 0 aliphatic carbocycles. The zero-order valence-corrected chi connectivity index (χ0v) is 8.14. The molecule has 0 aliphatic rings. The van der Waals surface area contributed by atoms with Gasteiger partial charge in [-0.3, -0.25) is 0 Å². The molecule has 0 radical (unpaired) electrons. The molecule has 4 nitrogen and oxygen atoms in total. The van der Waals surface area contributed by atoms with Crippen LogP contribution in [0.5, 0.6) is 0 Å². The molecule has 1 aromatic carbocycles. The zero-order valence-electron chi connectivity index (χ0n) is 8.14. The third-order valence-corrected chi connectivity index (χ3v) is 2.21. The lowest BCUT2D eigenvalue weighted by atomic mass is 10.3. The van der Waals surface area contributed by atoms with Crippen molar-refractivity contribution in [3.63, 3.8) is 0 Å². The Morgan fingerprint density at radius 3 is 2.36 bits per heavy atom. The van der Waals surface area contributed by atoms with E-state index in [-0.39, 0.29) is 0 Å². The lowest BCUT2D eigenvalue weighted by Gasteiger charge is -2.03. The average molecular weight is 189 g/mol. The molecule has 0 spiro atoms. The molecule has 0 bridgehead atoms. The number of hydrogen-bond acceptors (Lipinski definition) is 2. The highest BCUT2D eigenvalue weighted by Gasteiger charge is 2.15. The Labute approximate surface area is 82.0 Å². The van der Waals surface area contributed by atoms with Crippen molar-refractivity contribution in [3.05, 3.63) is 46.9 Å². The molecule has 0 amide bonds. The van der Waals surface area contributed by atoms with Crippen molar-refractivity contribution >= 4 is 0 Å². The highest BCUT2D eigenvalue weighted by Crippen LogP contribution is 2.04. The third kappa shape index (κ3) is 1.25. The molecule has 0 N–H and O–H groups in total. The van der Waals surface area contributed by atoms with Gasteiger partial charge in [0, 0.05) is 18.9 Å². The quantitative estimate of drug-likeness (QED) is 0.498. The SMILES string of the molecule is Cc1nn(-c2ccccc2)[n+]([O-])c1C. The van der Waals surface area contributed by atoms with E-state index in [1.807, 2.05) is 37.3 Å². The van der Waals surface area contributed by atoms with Crippen molar-refractivity contribution in [1.29, 1.82) is 0 Å². The van der Waals surface area contributed by atoms with Crippen LogP contribution in [0.2, 0.25) is 0 Å². The normalized spacial score (nSPS) is 10.4. The van der Waals surface area contributed by atoms with Crippen molar-refractivity contribution in [2.45, 2.75) is 13.8 Å². The monoisotopic (exact) mass is 189 g/mol. The van der Waals surface area contributed by atoms with E-state index in [1.54, 1.807) is 6.92 Å². The second-order valence-corrected chi connectivity index (χ2v) is 3.17. The number of nitrogens with zero attached hydrogens (tertiary/aromatic N) is 3. The fraction of sp³-hybridized carbons (Fsp3) is 0.200. The lowest BCUT2D eigenvalue weighted by Crippen LogP contribution is -2.39. The molecule has 0 unspecified atom stereocenters. The minimum absolute atomic E-state index is 0.633. The summed E-state index contributed by atoms with van der Waals surface area (Å²) < 4.78 is 0. The Balaban J connectivity index is 2.58. The standard InChI is InChI=1S/C10H11N3O/c1-8-9(2)13(14)12(11-8)10-6-4-3-5-7-10/h3-7H,1-2H3. The summed E-state index contributed by atoms with van der Waals surface area (Å²) in [6.07, 6.45) is 0. The van der Waals surface area contributed by atoms with E-state index in [0.717, 1.165) is 16.2 Å². The highest BCUT2D eigenvalue weighted by atomic mass is 16.5. The molecule has 0 saturated carbocycles. The Kier molecular flexibility index (Phi) is 1.96. The summed E-state index contributed by atoms with van der Waals surface area (Å²) in [5, 5.41) is 15.8. The first-order chi connectivity index (χ1) is 6.70. The number of aryl methyl sites for hydroxylation is 1. The molecule has 0 fully saturated rings. The predicted molar refractivity (Wildman–Crippen MR) is 52.0 cm³/mol. The average Bonchev–Trinajstić information content (AvgIpc) is 2.47. The van der Waals surface area contributed by atoms with Gasteiger partial charge < -0.3 is 5.21 Å². The van der Waals surface area contributed by atoms with Gasteiger partial charge >= 0.3 is 0 Å². The van der Waals surface area contributed by atoms with Crippen LogP contribution in [0.1, 0.15) is 11.4 Å². The lowest BCUT2D eigenvalue weighted by molar-refractivity contribution is -0.694. The van der Waals surface area contributed by atoms with E-state index in [2.05, 4.69) is 5.10 Å². The maximum Gasteiger partial charge on any atom is 0.219 e. The smallest absolute Gasteiger partial charge is 0.219 e. The van der Waals surface area contributed by atoms with Gasteiger partial charge in [-0.2, -0.15) is 4.85 Å².